The van der Waals surface area contributed by atoms with Crippen molar-refractivity contribution in [3.63, 3.8) is 0 Å². The van der Waals surface area contributed by atoms with Gasteiger partial charge in [-0.05, 0) is 75.1 Å². The van der Waals surface area contributed by atoms with Crippen LogP contribution in [0.25, 0.3) is 0 Å². The number of hydrogen-bond donors (Lipinski definition) is 1. The second kappa shape index (κ2) is 8.23. The third-order valence-electron chi connectivity index (χ3n) is 4.95. The number of carbonyl (C=O) groups is 2. The van der Waals surface area contributed by atoms with Crippen molar-refractivity contribution in [3.05, 3.63) is 70.5 Å². The van der Waals surface area contributed by atoms with Crippen LogP contribution in [0.5, 0.6) is 0 Å². The van der Waals surface area contributed by atoms with E-state index < -0.39 is 11.7 Å². The van der Waals surface area contributed by atoms with E-state index in [2.05, 4.69) is 5.32 Å². The van der Waals surface area contributed by atoms with Crippen LogP contribution in [-0.2, 0) is 17.7 Å². The maximum absolute atomic E-state index is 13.6. The molecule has 0 radical (unpaired) electrons. The Bertz CT molecular complexity index is 903. The lowest BCUT2D eigenvalue weighted by molar-refractivity contribution is 0.0523. The summed E-state index contributed by atoms with van der Waals surface area (Å²) in [5.41, 5.74) is 2.84. The summed E-state index contributed by atoms with van der Waals surface area (Å²) in [6.45, 7) is 8.26. The summed E-state index contributed by atoms with van der Waals surface area (Å²) in [7, 11) is 0. The molecular weight excluding hydrogens is 371 g/mol. The minimum absolute atomic E-state index is 0.0842. The molecule has 154 valence electrons. The Morgan fingerprint density at radius 3 is 2.52 bits per heavy atom. The SMILES string of the molecule is CC1c2cc(F)ccc2CCN1C(=O)c1ccc(CNC(=O)OC(C)(C)C)cc1. The fourth-order valence-electron chi connectivity index (χ4n) is 3.48. The van der Waals surface area contributed by atoms with Crippen molar-refractivity contribution in [1.29, 1.82) is 0 Å². The van der Waals surface area contributed by atoms with Gasteiger partial charge in [0.1, 0.15) is 11.4 Å². The third kappa shape index (κ3) is 5.13. The van der Waals surface area contributed by atoms with Gasteiger partial charge in [0, 0.05) is 18.7 Å². The highest BCUT2D eigenvalue weighted by molar-refractivity contribution is 5.94. The highest BCUT2D eigenvalue weighted by Crippen LogP contribution is 2.31. The van der Waals surface area contributed by atoms with Gasteiger partial charge in [-0.3, -0.25) is 4.79 Å². The minimum atomic E-state index is -0.549. The zero-order chi connectivity index (χ0) is 21.2. The van der Waals surface area contributed by atoms with E-state index in [0.29, 0.717) is 25.1 Å². The number of alkyl carbamates (subject to hydrolysis) is 1. The van der Waals surface area contributed by atoms with Crippen LogP contribution >= 0.6 is 0 Å². The molecule has 0 aromatic heterocycles. The Hall–Kier alpha value is -2.89. The van der Waals surface area contributed by atoms with Crippen molar-refractivity contribution in [1.82, 2.24) is 10.2 Å². The lowest BCUT2D eigenvalue weighted by Crippen LogP contribution is -2.38. The van der Waals surface area contributed by atoms with Gasteiger partial charge in [0.2, 0.25) is 0 Å². The summed E-state index contributed by atoms with van der Waals surface area (Å²) in [6, 6.07) is 11.7. The minimum Gasteiger partial charge on any atom is -0.444 e. The van der Waals surface area contributed by atoms with Crippen molar-refractivity contribution in [2.45, 2.75) is 52.3 Å². The van der Waals surface area contributed by atoms with Crippen LogP contribution in [0.15, 0.2) is 42.5 Å². The molecule has 1 N–H and O–H groups in total. The highest BCUT2D eigenvalue weighted by Gasteiger charge is 2.28. The van der Waals surface area contributed by atoms with E-state index in [1.54, 1.807) is 43.9 Å². The molecule has 0 fully saturated rings. The number of hydrogen-bond acceptors (Lipinski definition) is 3. The number of halogens is 1. The van der Waals surface area contributed by atoms with Crippen LogP contribution in [0.1, 0.15) is 60.8 Å². The smallest absolute Gasteiger partial charge is 0.407 e. The van der Waals surface area contributed by atoms with Crippen molar-refractivity contribution >= 4 is 12.0 Å². The Kier molecular flexibility index (Phi) is 5.91. The molecule has 5 nitrogen and oxygen atoms in total. The number of fused-ring (bicyclic) bond motifs is 1. The first-order chi connectivity index (χ1) is 13.6. The molecule has 0 aliphatic carbocycles. The summed E-state index contributed by atoms with van der Waals surface area (Å²) < 4.78 is 18.9. The van der Waals surface area contributed by atoms with Crippen LogP contribution in [0.4, 0.5) is 9.18 Å². The molecule has 1 atom stereocenters. The van der Waals surface area contributed by atoms with E-state index >= 15 is 0 Å². The van der Waals surface area contributed by atoms with E-state index in [0.717, 1.165) is 16.7 Å². The molecule has 1 aliphatic heterocycles. The van der Waals surface area contributed by atoms with E-state index in [-0.39, 0.29) is 17.8 Å². The molecule has 1 aliphatic rings. The van der Waals surface area contributed by atoms with Crippen molar-refractivity contribution in [3.8, 4) is 0 Å². The van der Waals surface area contributed by atoms with Gasteiger partial charge in [-0.1, -0.05) is 18.2 Å². The van der Waals surface area contributed by atoms with Gasteiger partial charge in [-0.2, -0.15) is 0 Å². The van der Waals surface area contributed by atoms with Crippen molar-refractivity contribution in [2.24, 2.45) is 0 Å². The number of carbonyl (C=O) groups excluding carboxylic acids is 2. The maximum Gasteiger partial charge on any atom is 0.407 e. The first-order valence-corrected chi connectivity index (χ1v) is 9.79. The van der Waals surface area contributed by atoms with Crippen LogP contribution in [0, 0.1) is 5.82 Å². The summed E-state index contributed by atoms with van der Waals surface area (Å²) in [6.07, 6.45) is 0.231. The Labute approximate surface area is 170 Å². The molecule has 2 aromatic rings. The van der Waals surface area contributed by atoms with Gasteiger partial charge >= 0.3 is 6.09 Å². The molecular formula is C23H27FN2O3. The average molecular weight is 398 g/mol. The second-order valence-electron chi connectivity index (χ2n) is 8.32. The lowest BCUT2D eigenvalue weighted by atomic mass is 9.93. The highest BCUT2D eigenvalue weighted by atomic mass is 19.1. The molecule has 0 saturated heterocycles. The van der Waals surface area contributed by atoms with Gasteiger partial charge in [-0.15, -0.1) is 0 Å². The second-order valence-corrected chi connectivity index (χ2v) is 8.32. The molecule has 0 saturated carbocycles. The molecule has 1 heterocycles. The van der Waals surface area contributed by atoms with Crippen molar-refractivity contribution < 1.29 is 18.7 Å². The number of rotatable bonds is 3. The Morgan fingerprint density at radius 2 is 1.86 bits per heavy atom. The molecule has 6 heteroatoms. The Morgan fingerprint density at radius 1 is 1.17 bits per heavy atom. The van der Waals surface area contributed by atoms with Gasteiger partial charge < -0.3 is 15.0 Å². The first kappa shape index (κ1) is 20.8. The summed E-state index contributed by atoms with van der Waals surface area (Å²) in [5, 5.41) is 2.70. The summed E-state index contributed by atoms with van der Waals surface area (Å²) in [5.74, 6) is -0.370. The predicted molar refractivity (Wildman–Crippen MR) is 109 cm³/mol. The quantitative estimate of drug-likeness (QED) is 0.821. The van der Waals surface area contributed by atoms with Crippen LogP contribution in [0.2, 0.25) is 0 Å². The molecule has 0 bridgehead atoms. The third-order valence-corrected chi connectivity index (χ3v) is 4.95. The zero-order valence-electron chi connectivity index (χ0n) is 17.3. The van der Waals surface area contributed by atoms with Crippen LogP contribution in [0.3, 0.4) is 0 Å². The monoisotopic (exact) mass is 398 g/mol. The van der Waals surface area contributed by atoms with Crippen LogP contribution in [-0.4, -0.2) is 29.0 Å². The fourth-order valence-corrected chi connectivity index (χ4v) is 3.48. The number of nitrogens with one attached hydrogen (secondary N) is 1. The van der Waals surface area contributed by atoms with Crippen molar-refractivity contribution in [2.75, 3.05) is 6.54 Å². The number of benzene rings is 2. The largest absolute Gasteiger partial charge is 0.444 e. The van der Waals surface area contributed by atoms with Gasteiger partial charge in [0.15, 0.2) is 0 Å². The summed E-state index contributed by atoms with van der Waals surface area (Å²) >= 11 is 0. The van der Waals surface area contributed by atoms with Crippen LogP contribution < -0.4 is 5.32 Å². The van der Waals surface area contributed by atoms with Gasteiger partial charge in [0.05, 0.1) is 6.04 Å². The molecule has 3 rings (SSSR count). The van der Waals surface area contributed by atoms with E-state index in [1.807, 2.05) is 19.1 Å². The lowest BCUT2D eigenvalue weighted by Gasteiger charge is -2.35. The standard InChI is InChI=1S/C23H27FN2O3/c1-15-20-13-19(24)10-9-17(20)11-12-26(15)21(27)18-7-5-16(6-8-18)14-25-22(28)29-23(2,3)4/h5-10,13,15H,11-12,14H2,1-4H3,(H,25,28). The number of nitrogens with zero attached hydrogens (tertiary/aromatic N) is 1. The molecule has 29 heavy (non-hydrogen) atoms. The fraction of sp³-hybridized carbons (Fsp3) is 0.391. The molecule has 0 spiro atoms. The predicted octanol–water partition coefficient (Wildman–Crippen LogP) is 4.61. The van der Waals surface area contributed by atoms with E-state index in [4.69, 9.17) is 4.74 Å². The average Bonchev–Trinajstić information content (AvgIpc) is 2.66. The van der Waals surface area contributed by atoms with E-state index in [1.165, 1.54) is 12.1 Å². The van der Waals surface area contributed by atoms with Gasteiger partial charge in [-0.25, -0.2) is 9.18 Å². The molecule has 2 aromatic carbocycles. The topological polar surface area (TPSA) is 58.6 Å². The van der Waals surface area contributed by atoms with Gasteiger partial charge in [0.25, 0.3) is 5.91 Å². The number of ether oxygens (including phenoxy) is 1. The Balaban J connectivity index is 1.64. The van der Waals surface area contributed by atoms with E-state index in [9.17, 15) is 14.0 Å². The normalized spacial score (nSPS) is 16.2. The first-order valence-electron chi connectivity index (χ1n) is 9.79. The number of amides is 2. The maximum atomic E-state index is 13.6. The zero-order valence-corrected chi connectivity index (χ0v) is 17.3. The summed E-state index contributed by atoms with van der Waals surface area (Å²) in [4.78, 5) is 26.5. The molecule has 1 unspecified atom stereocenters. The molecule has 2 amide bonds.